The van der Waals surface area contributed by atoms with Gasteiger partial charge >= 0.3 is 12.2 Å². The number of aliphatic hydroxyl groups excluding tert-OH is 2. The number of unbranched alkanes of at least 4 members (excludes halogenated alkanes) is 4. The van der Waals surface area contributed by atoms with Crippen molar-refractivity contribution in [3.05, 3.63) is 0 Å². The third-order valence-electron chi connectivity index (χ3n) is 3.29. The highest BCUT2D eigenvalue weighted by atomic mass is 16.6. The monoisotopic (exact) mass is 348 g/mol. The van der Waals surface area contributed by atoms with Crippen molar-refractivity contribution in [3.8, 4) is 0 Å². The van der Waals surface area contributed by atoms with Crippen molar-refractivity contribution >= 4 is 12.2 Å². The third kappa shape index (κ3) is 9.57. The van der Waals surface area contributed by atoms with Crippen molar-refractivity contribution in [1.82, 2.24) is 10.0 Å². The first-order valence-corrected chi connectivity index (χ1v) is 8.72. The number of carbonyl (C=O) groups excluding carboxylic acids is 2. The quantitative estimate of drug-likeness (QED) is 0.414. The molecule has 8 nitrogen and oxygen atoms in total. The van der Waals surface area contributed by atoms with E-state index in [-0.39, 0.29) is 26.4 Å². The molecule has 0 unspecified atom stereocenters. The summed E-state index contributed by atoms with van der Waals surface area (Å²) in [6, 6.07) is 0. The summed E-state index contributed by atoms with van der Waals surface area (Å²) in [5.41, 5.74) is 0. The van der Waals surface area contributed by atoms with Gasteiger partial charge in [-0.1, -0.05) is 39.5 Å². The minimum Gasteiger partial charge on any atom is -0.446 e. The van der Waals surface area contributed by atoms with Gasteiger partial charge in [0.1, 0.15) is 13.2 Å². The van der Waals surface area contributed by atoms with Crippen molar-refractivity contribution < 1.29 is 29.3 Å². The standard InChI is InChI=1S/C16H32N2O6/c1-3-5-7-8-10-18(16(22)24-14-12-20)17(9-6-4-2)15(21)23-13-11-19/h19-20H,3-14H2,1-2H3. The van der Waals surface area contributed by atoms with Gasteiger partial charge in [-0.3, -0.25) is 0 Å². The van der Waals surface area contributed by atoms with E-state index in [1.807, 2.05) is 6.92 Å². The van der Waals surface area contributed by atoms with Crippen LogP contribution in [0.3, 0.4) is 0 Å². The molecule has 24 heavy (non-hydrogen) atoms. The molecule has 2 N–H and O–H groups in total. The lowest BCUT2D eigenvalue weighted by atomic mass is 10.2. The molecule has 0 saturated heterocycles. The van der Waals surface area contributed by atoms with Crippen LogP contribution in [0.15, 0.2) is 0 Å². The summed E-state index contributed by atoms with van der Waals surface area (Å²) in [5.74, 6) is 0. The number of hydrazine groups is 1. The molecular formula is C16H32N2O6. The second kappa shape index (κ2) is 15.0. The topological polar surface area (TPSA) is 99.5 Å². The molecule has 0 rings (SSSR count). The van der Waals surface area contributed by atoms with Gasteiger partial charge in [0.15, 0.2) is 0 Å². The molecule has 0 aromatic carbocycles. The molecule has 0 aliphatic rings. The van der Waals surface area contributed by atoms with Crippen molar-refractivity contribution in [3.63, 3.8) is 0 Å². The lowest BCUT2D eigenvalue weighted by Gasteiger charge is -2.33. The highest BCUT2D eigenvalue weighted by Gasteiger charge is 2.27. The Balaban J connectivity index is 4.97. The molecule has 0 radical (unpaired) electrons. The third-order valence-corrected chi connectivity index (χ3v) is 3.29. The summed E-state index contributed by atoms with van der Waals surface area (Å²) in [6.07, 6.45) is 3.96. The highest BCUT2D eigenvalue weighted by molar-refractivity contribution is 5.74. The maximum Gasteiger partial charge on any atom is 0.429 e. The largest absolute Gasteiger partial charge is 0.446 e. The molecule has 0 aliphatic carbocycles. The molecule has 0 bridgehead atoms. The van der Waals surface area contributed by atoms with Gasteiger partial charge in [-0.05, 0) is 12.8 Å². The number of carbonyl (C=O) groups is 2. The van der Waals surface area contributed by atoms with E-state index >= 15 is 0 Å². The van der Waals surface area contributed by atoms with Crippen molar-refractivity contribution in [2.75, 3.05) is 39.5 Å². The molecule has 0 aromatic rings. The van der Waals surface area contributed by atoms with Gasteiger partial charge in [0.05, 0.1) is 13.2 Å². The Morgan fingerprint density at radius 1 is 0.750 bits per heavy atom. The first-order chi connectivity index (χ1) is 11.6. The van der Waals surface area contributed by atoms with E-state index in [0.717, 1.165) is 32.1 Å². The van der Waals surface area contributed by atoms with Gasteiger partial charge in [0.25, 0.3) is 0 Å². The lowest BCUT2D eigenvalue weighted by molar-refractivity contribution is -0.0288. The molecular weight excluding hydrogens is 316 g/mol. The SMILES string of the molecule is CCCCCCN(C(=O)OCCO)N(CCCC)C(=O)OCCO. The summed E-state index contributed by atoms with van der Waals surface area (Å²) in [4.78, 5) is 24.5. The summed E-state index contributed by atoms with van der Waals surface area (Å²) in [5, 5.41) is 20.1. The number of aliphatic hydroxyl groups is 2. The lowest BCUT2D eigenvalue weighted by Crippen LogP contribution is -2.51. The predicted molar refractivity (Wildman–Crippen MR) is 89.3 cm³/mol. The smallest absolute Gasteiger partial charge is 0.429 e. The molecule has 2 amide bonds. The molecule has 0 heterocycles. The van der Waals surface area contributed by atoms with Gasteiger partial charge in [0, 0.05) is 13.1 Å². The number of ether oxygens (including phenoxy) is 2. The van der Waals surface area contributed by atoms with E-state index in [2.05, 4.69) is 6.92 Å². The maximum absolute atomic E-state index is 12.2. The van der Waals surface area contributed by atoms with Crippen LogP contribution >= 0.6 is 0 Å². The normalized spacial score (nSPS) is 10.3. The second-order valence-corrected chi connectivity index (χ2v) is 5.34. The van der Waals surface area contributed by atoms with E-state index in [1.54, 1.807) is 0 Å². The second-order valence-electron chi connectivity index (χ2n) is 5.34. The highest BCUT2D eigenvalue weighted by Crippen LogP contribution is 2.10. The van der Waals surface area contributed by atoms with Crippen LogP contribution in [-0.4, -0.2) is 71.9 Å². The maximum atomic E-state index is 12.2. The van der Waals surface area contributed by atoms with E-state index in [0.29, 0.717) is 19.5 Å². The van der Waals surface area contributed by atoms with Crippen molar-refractivity contribution in [2.45, 2.75) is 52.4 Å². The molecule has 142 valence electrons. The fourth-order valence-corrected chi connectivity index (χ4v) is 2.03. The van der Waals surface area contributed by atoms with E-state index in [1.165, 1.54) is 10.0 Å². The molecule has 0 saturated carbocycles. The molecule has 0 fully saturated rings. The number of rotatable bonds is 12. The van der Waals surface area contributed by atoms with Crippen LogP contribution in [0.5, 0.6) is 0 Å². The first kappa shape index (κ1) is 22.5. The van der Waals surface area contributed by atoms with E-state index in [9.17, 15) is 9.59 Å². The fourth-order valence-electron chi connectivity index (χ4n) is 2.03. The van der Waals surface area contributed by atoms with E-state index in [4.69, 9.17) is 19.7 Å². The number of nitrogens with zero attached hydrogens (tertiary/aromatic N) is 2. The number of hydrogen-bond donors (Lipinski definition) is 2. The van der Waals surface area contributed by atoms with Crippen LogP contribution in [0.1, 0.15) is 52.4 Å². The summed E-state index contributed by atoms with van der Waals surface area (Å²) >= 11 is 0. The molecule has 0 atom stereocenters. The Morgan fingerprint density at radius 2 is 1.21 bits per heavy atom. The van der Waals surface area contributed by atoms with Gasteiger partial charge in [0.2, 0.25) is 0 Å². The average Bonchev–Trinajstić information content (AvgIpc) is 2.59. The van der Waals surface area contributed by atoms with Gasteiger partial charge < -0.3 is 19.7 Å². The Bertz CT molecular complexity index is 341. The molecule has 8 heteroatoms. The average molecular weight is 348 g/mol. The van der Waals surface area contributed by atoms with E-state index < -0.39 is 12.2 Å². The summed E-state index contributed by atoms with van der Waals surface area (Å²) < 4.78 is 9.92. The van der Waals surface area contributed by atoms with Gasteiger partial charge in [-0.2, -0.15) is 0 Å². The van der Waals surface area contributed by atoms with Crippen LogP contribution in [0.4, 0.5) is 9.59 Å². The zero-order valence-corrected chi connectivity index (χ0v) is 14.9. The van der Waals surface area contributed by atoms with Crippen LogP contribution in [0.2, 0.25) is 0 Å². The van der Waals surface area contributed by atoms with Crippen LogP contribution < -0.4 is 0 Å². The zero-order valence-electron chi connectivity index (χ0n) is 14.9. The van der Waals surface area contributed by atoms with Crippen LogP contribution in [0, 0.1) is 0 Å². The van der Waals surface area contributed by atoms with Crippen LogP contribution in [0.25, 0.3) is 0 Å². The molecule has 0 aromatic heterocycles. The Hall–Kier alpha value is -1.54. The van der Waals surface area contributed by atoms with Crippen molar-refractivity contribution in [2.24, 2.45) is 0 Å². The fraction of sp³-hybridized carbons (Fsp3) is 0.875. The summed E-state index contributed by atoms with van der Waals surface area (Å²) in [7, 11) is 0. The van der Waals surface area contributed by atoms with Gasteiger partial charge in [-0.15, -0.1) is 0 Å². The number of amides is 2. The van der Waals surface area contributed by atoms with Gasteiger partial charge in [-0.25, -0.2) is 19.6 Å². The Labute approximate surface area is 144 Å². The molecule has 0 spiro atoms. The molecule has 0 aliphatic heterocycles. The summed E-state index contributed by atoms with van der Waals surface area (Å²) in [6.45, 7) is 3.91. The minimum atomic E-state index is -0.686. The Morgan fingerprint density at radius 3 is 1.62 bits per heavy atom. The van der Waals surface area contributed by atoms with Crippen molar-refractivity contribution in [1.29, 1.82) is 0 Å². The zero-order chi connectivity index (χ0) is 18.2. The minimum absolute atomic E-state index is 0.127. The first-order valence-electron chi connectivity index (χ1n) is 8.72. The Kier molecular flexibility index (Phi) is 14.1. The predicted octanol–water partition coefficient (Wildman–Crippen LogP) is 2.14. The van der Waals surface area contributed by atoms with Crippen LogP contribution in [-0.2, 0) is 9.47 Å². The number of hydrogen-bond acceptors (Lipinski definition) is 6.